The van der Waals surface area contributed by atoms with E-state index in [-0.39, 0.29) is 33.1 Å². The Morgan fingerprint density at radius 3 is 1.82 bits per heavy atom. The van der Waals surface area contributed by atoms with Crippen molar-refractivity contribution in [3.63, 3.8) is 0 Å². The van der Waals surface area contributed by atoms with Crippen LogP contribution in [0.5, 0.6) is 0 Å². The summed E-state index contributed by atoms with van der Waals surface area (Å²) in [6.07, 6.45) is 0. The molecule has 174 valence electrons. The normalized spacial score (nSPS) is 10.7. The van der Waals surface area contributed by atoms with Gasteiger partial charge in [-0.25, -0.2) is 8.42 Å². The van der Waals surface area contributed by atoms with Crippen LogP contribution in [0.15, 0.2) is 77.7 Å². The number of sulfonamides is 1. The van der Waals surface area contributed by atoms with Crippen molar-refractivity contribution in [2.45, 2.75) is 4.90 Å². The number of hydrogen-bond donors (Lipinski definition) is 3. The molecule has 13 nitrogen and oxygen atoms in total. The fraction of sp³-hybridized carbons (Fsp3) is 0. The summed E-state index contributed by atoms with van der Waals surface area (Å²) in [4.78, 5) is 44.3. The number of hydrogen-bond acceptors (Lipinski definition) is 8. The highest BCUT2D eigenvalue weighted by Gasteiger charge is 2.18. The number of rotatable bonds is 7. The molecule has 0 unspecified atom stereocenters. The van der Waals surface area contributed by atoms with E-state index in [1.165, 1.54) is 54.6 Å². The number of nitro benzene ring substituents is 2. The maximum atomic E-state index is 12.5. The van der Waals surface area contributed by atoms with E-state index in [1.807, 2.05) is 0 Å². The first-order valence-electron chi connectivity index (χ1n) is 9.29. The molecule has 0 saturated heterocycles. The van der Waals surface area contributed by atoms with Gasteiger partial charge in [0.1, 0.15) is 0 Å². The minimum atomic E-state index is -4.12. The molecular weight excluding hydrogens is 470 g/mol. The van der Waals surface area contributed by atoms with Crippen LogP contribution in [0.1, 0.15) is 20.7 Å². The summed E-state index contributed by atoms with van der Waals surface area (Å²) in [5.41, 5.74) is 3.71. The van der Waals surface area contributed by atoms with Gasteiger partial charge in [-0.15, -0.1) is 0 Å². The summed E-state index contributed by atoms with van der Waals surface area (Å²) in [6, 6.07) is 14.5. The molecule has 3 rings (SSSR count). The minimum absolute atomic E-state index is 0.0413. The lowest BCUT2D eigenvalue weighted by Crippen LogP contribution is -2.41. The number of nitrogens with one attached hydrogen (secondary N) is 3. The highest BCUT2D eigenvalue weighted by molar-refractivity contribution is 7.92. The van der Waals surface area contributed by atoms with Crippen LogP contribution < -0.4 is 15.6 Å². The summed E-state index contributed by atoms with van der Waals surface area (Å²) in [5, 5.41) is 21.7. The number of anilines is 1. The second-order valence-corrected chi connectivity index (χ2v) is 8.34. The van der Waals surface area contributed by atoms with Crippen molar-refractivity contribution in [2.75, 3.05) is 4.72 Å². The second-order valence-electron chi connectivity index (χ2n) is 6.65. The summed E-state index contributed by atoms with van der Waals surface area (Å²) in [6.45, 7) is 0. The number of hydrazine groups is 1. The van der Waals surface area contributed by atoms with Crippen molar-refractivity contribution in [1.82, 2.24) is 10.9 Å². The molecule has 0 bridgehead atoms. The standard InChI is InChI=1S/C20H15N5O8S/c26-19(21-22-20(27)14-3-1-4-16(11-14)24(28)29)13-7-9-15(10-8-13)23-34(32,33)18-6-2-5-17(12-18)25(30)31/h1-12,23H,(H,21,26)(H,22,27). The summed E-state index contributed by atoms with van der Waals surface area (Å²) in [5.74, 6) is -1.51. The monoisotopic (exact) mass is 485 g/mol. The van der Waals surface area contributed by atoms with Gasteiger partial charge in [0.15, 0.2) is 0 Å². The Morgan fingerprint density at radius 1 is 0.706 bits per heavy atom. The lowest BCUT2D eigenvalue weighted by Gasteiger charge is -2.10. The van der Waals surface area contributed by atoms with Crippen molar-refractivity contribution >= 4 is 38.9 Å². The van der Waals surface area contributed by atoms with Gasteiger partial charge in [-0.05, 0) is 36.4 Å². The Kier molecular flexibility index (Phi) is 6.82. The van der Waals surface area contributed by atoms with Crippen LogP contribution in [0.25, 0.3) is 0 Å². The van der Waals surface area contributed by atoms with E-state index < -0.39 is 31.7 Å². The molecule has 0 saturated carbocycles. The van der Waals surface area contributed by atoms with Crippen LogP contribution in [0, 0.1) is 20.2 Å². The predicted molar refractivity (Wildman–Crippen MR) is 118 cm³/mol. The fourth-order valence-electron chi connectivity index (χ4n) is 2.69. The van der Waals surface area contributed by atoms with Crippen molar-refractivity contribution in [2.24, 2.45) is 0 Å². The predicted octanol–water partition coefficient (Wildman–Crippen LogP) is 2.38. The first kappa shape index (κ1) is 23.8. The molecule has 0 fully saturated rings. The van der Waals surface area contributed by atoms with Crippen molar-refractivity contribution < 1.29 is 27.9 Å². The van der Waals surface area contributed by atoms with Gasteiger partial charge in [0.2, 0.25) is 0 Å². The maximum absolute atomic E-state index is 12.5. The number of carbonyl (C=O) groups is 2. The zero-order chi connectivity index (χ0) is 24.9. The van der Waals surface area contributed by atoms with Gasteiger partial charge in [0.05, 0.1) is 14.7 Å². The molecule has 0 aliphatic carbocycles. The summed E-state index contributed by atoms with van der Waals surface area (Å²) in [7, 11) is -4.12. The molecule has 3 aromatic carbocycles. The average Bonchev–Trinajstić information content (AvgIpc) is 2.82. The molecule has 0 aliphatic heterocycles. The van der Waals surface area contributed by atoms with Gasteiger partial charge < -0.3 is 0 Å². The molecule has 14 heteroatoms. The zero-order valence-electron chi connectivity index (χ0n) is 17.0. The van der Waals surface area contributed by atoms with Gasteiger partial charge in [-0.1, -0.05) is 12.1 Å². The van der Waals surface area contributed by atoms with E-state index in [0.717, 1.165) is 18.2 Å². The number of benzene rings is 3. The highest BCUT2D eigenvalue weighted by atomic mass is 32.2. The van der Waals surface area contributed by atoms with Gasteiger partial charge in [0.25, 0.3) is 33.2 Å². The van der Waals surface area contributed by atoms with E-state index in [0.29, 0.717) is 0 Å². The zero-order valence-corrected chi connectivity index (χ0v) is 17.8. The maximum Gasteiger partial charge on any atom is 0.270 e. The van der Waals surface area contributed by atoms with Crippen LogP contribution in [0.2, 0.25) is 0 Å². The summed E-state index contributed by atoms with van der Waals surface area (Å²) < 4.78 is 27.2. The molecule has 0 spiro atoms. The lowest BCUT2D eigenvalue weighted by molar-refractivity contribution is -0.385. The van der Waals surface area contributed by atoms with E-state index in [9.17, 15) is 38.2 Å². The Hall–Kier alpha value is -4.85. The van der Waals surface area contributed by atoms with Crippen LogP contribution in [-0.2, 0) is 10.0 Å². The SMILES string of the molecule is O=C(NNC(=O)c1cccc([N+](=O)[O-])c1)c1ccc(NS(=O)(=O)c2cccc([N+](=O)[O-])c2)cc1. The molecule has 34 heavy (non-hydrogen) atoms. The van der Waals surface area contributed by atoms with E-state index in [4.69, 9.17) is 0 Å². The van der Waals surface area contributed by atoms with Crippen molar-refractivity contribution in [3.05, 3.63) is 104 Å². The quantitative estimate of drug-likeness (QED) is 0.335. The Bertz CT molecular complexity index is 1390. The third kappa shape index (κ3) is 5.68. The van der Waals surface area contributed by atoms with Gasteiger partial charge >= 0.3 is 0 Å². The van der Waals surface area contributed by atoms with Crippen LogP contribution >= 0.6 is 0 Å². The lowest BCUT2D eigenvalue weighted by atomic mass is 10.2. The molecular formula is C20H15N5O8S. The molecule has 0 radical (unpaired) electrons. The molecule has 2 amide bonds. The van der Waals surface area contributed by atoms with Crippen LogP contribution in [0.4, 0.5) is 17.1 Å². The number of amides is 2. The third-order valence-corrected chi connectivity index (χ3v) is 5.73. The minimum Gasteiger partial charge on any atom is -0.280 e. The van der Waals surface area contributed by atoms with Crippen LogP contribution in [0.3, 0.4) is 0 Å². The Labute approximate surface area is 191 Å². The summed E-state index contributed by atoms with van der Waals surface area (Å²) >= 11 is 0. The van der Waals surface area contributed by atoms with E-state index in [2.05, 4.69) is 15.6 Å². The number of non-ortho nitro benzene ring substituents is 2. The van der Waals surface area contributed by atoms with Crippen LogP contribution in [-0.4, -0.2) is 30.1 Å². The smallest absolute Gasteiger partial charge is 0.270 e. The number of nitro groups is 2. The molecule has 0 atom stereocenters. The van der Waals surface area contributed by atoms with Gasteiger partial charge in [0, 0.05) is 41.1 Å². The van der Waals surface area contributed by atoms with Crippen molar-refractivity contribution in [3.8, 4) is 0 Å². The Balaban J connectivity index is 1.64. The number of nitrogens with zero attached hydrogens (tertiary/aromatic N) is 2. The first-order valence-corrected chi connectivity index (χ1v) is 10.8. The fourth-order valence-corrected chi connectivity index (χ4v) is 3.78. The Morgan fingerprint density at radius 2 is 1.24 bits per heavy atom. The average molecular weight is 485 g/mol. The second kappa shape index (κ2) is 9.74. The molecule has 0 heterocycles. The topological polar surface area (TPSA) is 191 Å². The third-order valence-electron chi connectivity index (χ3n) is 4.35. The number of carbonyl (C=O) groups excluding carboxylic acids is 2. The van der Waals surface area contributed by atoms with Gasteiger partial charge in [-0.2, -0.15) is 0 Å². The molecule has 3 aromatic rings. The highest BCUT2D eigenvalue weighted by Crippen LogP contribution is 2.21. The molecule has 0 aliphatic rings. The molecule has 0 aromatic heterocycles. The van der Waals surface area contributed by atoms with E-state index in [1.54, 1.807) is 0 Å². The van der Waals surface area contributed by atoms with E-state index >= 15 is 0 Å². The first-order chi connectivity index (χ1) is 16.1. The van der Waals surface area contributed by atoms with Gasteiger partial charge in [-0.3, -0.25) is 45.4 Å². The van der Waals surface area contributed by atoms with Crippen molar-refractivity contribution in [1.29, 1.82) is 0 Å². The molecule has 3 N–H and O–H groups in total. The largest absolute Gasteiger partial charge is 0.280 e.